The van der Waals surface area contributed by atoms with Crippen LogP contribution in [0.3, 0.4) is 0 Å². The van der Waals surface area contributed by atoms with Crippen molar-refractivity contribution < 1.29 is 28.2 Å². The summed E-state index contributed by atoms with van der Waals surface area (Å²) in [7, 11) is 0. The number of aryl methyl sites for hydroxylation is 1. The Labute approximate surface area is 234 Å². The van der Waals surface area contributed by atoms with Crippen molar-refractivity contribution in [2.75, 3.05) is 6.61 Å². The molecule has 6 rings (SSSR count). The van der Waals surface area contributed by atoms with Gasteiger partial charge in [0.2, 0.25) is 0 Å². The molecular weight excluding hydrogens is 530 g/mol. The molecule has 1 unspecified atom stereocenters. The third kappa shape index (κ3) is 5.64. The lowest BCUT2D eigenvalue weighted by Gasteiger charge is -2.27. The number of halogens is 2. The van der Waals surface area contributed by atoms with Gasteiger partial charge in [0.05, 0.1) is 34.9 Å². The predicted molar refractivity (Wildman–Crippen MR) is 147 cm³/mol. The highest BCUT2D eigenvalue weighted by Gasteiger charge is 2.23. The van der Waals surface area contributed by atoms with Gasteiger partial charge >= 0.3 is 12.0 Å². The number of ether oxygens (including phenoxy) is 2. The molecule has 1 atom stereocenters. The average Bonchev–Trinajstić information content (AvgIpc) is 3.27. The van der Waals surface area contributed by atoms with Gasteiger partial charge in [-0.25, -0.2) is 23.5 Å². The zero-order valence-corrected chi connectivity index (χ0v) is 22.2. The summed E-state index contributed by atoms with van der Waals surface area (Å²) in [5.74, 6) is -1.21. The van der Waals surface area contributed by atoms with E-state index in [1.54, 1.807) is 42.5 Å². The molecule has 1 saturated heterocycles. The molecule has 1 aliphatic rings. The second-order valence-electron chi connectivity index (χ2n) is 10.0. The Bertz CT molecular complexity index is 1770. The fourth-order valence-corrected chi connectivity index (χ4v) is 4.78. The molecule has 10 heteroatoms. The summed E-state index contributed by atoms with van der Waals surface area (Å²) in [4.78, 5) is 24.7. The van der Waals surface area contributed by atoms with Crippen molar-refractivity contribution in [2.45, 2.75) is 39.0 Å². The smallest absolute Gasteiger partial charge is 0.335 e. The predicted octanol–water partition coefficient (Wildman–Crippen LogP) is 5.74. The maximum absolute atomic E-state index is 15.4. The molecule has 0 saturated carbocycles. The van der Waals surface area contributed by atoms with E-state index in [0.29, 0.717) is 52.4 Å². The number of aromatic carboxylic acids is 1. The minimum Gasteiger partial charge on any atom is -0.478 e. The Kier molecular flexibility index (Phi) is 7.15. The quantitative estimate of drug-likeness (QED) is 0.247. The summed E-state index contributed by atoms with van der Waals surface area (Å²) in [6.07, 6.45) is 2.61. The topological polar surface area (TPSA) is 99.4 Å². The van der Waals surface area contributed by atoms with Gasteiger partial charge in [-0.3, -0.25) is 0 Å². The molecule has 8 nitrogen and oxygen atoms in total. The maximum Gasteiger partial charge on any atom is 0.335 e. The van der Waals surface area contributed by atoms with Crippen molar-refractivity contribution >= 4 is 17.0 Å². The Hall–Kier alpha value is -4.70. The first-order valence-electron chi connectivity index (χ1n) is 13.2. The zero-order valence-electron chi connectivity index (χ0n) is 22.2. The number of imidazole rings is 1. The number of hydrogen-bond donors (Lipinski definition) is 1. The van der Waals surface area contributed by atoms with Crippen LogP contribution in [-0.4, -0.2) is 43.3 Å². The first kappa shape index (κ1) is 26.5. The van der Waals surface area contributed by atoms with Gasteiger partial charge in [0.15, 0.2) is 0 Å². The number of fused-ring (bicyclic) bond motifs is 1. The van der Waals surface area contributed by atoms with Crippen LogP contribution in [0.1, 0.15) is 39.3 Å². The van der Waals surface area contributed by atoms with Crippen LogP contribution in [-0.2, 0) is 24.3 Å². The summed E-state index contributed by atoms with van der Waals surface area (Å²) < 4.78 is 42.7. The Morgan fingerprint density at radius 1 is 1.05 bits per heavy atom. The van der Waals surface area contributed by atoms with Gasteiger partial charge in [0.1, 0.15) is 24.1 Å². The number of nitrogens with zero attached hydrogens (tertiary/aromatic N) is 4. The Morgan fingerprint density at radius 3 is 2.59 bits per heavy atom. The van der Waals surface area contributed by atoms with E-state index < -0.39 is 11.8 Å². The van der Waals surface area contributed by atoms with Gasteiger partial charge in [0.25, 0.3) is 0 Å². The summed E-state index contributed by atoms with van der Waals surface area (Å²) in [5.41, 5.74) is 4.09. The van der Waals surface area contributed by atoms with Crippen molar-refractivity contribution in [1.29, 1.82) is 0 Å². The summed E-state index contributed by atoms with van der Waals surface area (Å²) in [6, 6.07) is 16.2. The molecule has 2 aromatic heterocycles. The van der Waals surface area contributed by atoms with Crippen molar-refractivity contribution in [3.8, 4) is 17.3 Å². The Morgan fingerprint density at radius 2 is 1.85 bits per heavy atom. The lowest BCUT2D eigenvalue weighted by molar-refractivity contribution is -0.0589. The van der Waals surface area contributed by atoms with Crippen LogP contribution >= 0.6 is 0 Å². The van der Waals surface area contributed by atoms with Gasteiger partial charge in [-0.15, -0.1) is 0 Å². The SMILES string of the molecule is Cc1ccc(COc2nccc(-c3ccc(Cc4nc5ccc(C(=O)O)cc5n4CC4CCO4)c(F)c3)n2)c(F)c1. The first-order valence-corrected chi connectivity index (χ1v) is 13.2. The van der Waals surface area contributed by atoms with Crippen molar-refractivity contribution in [1.82, 2.24) is 19.5 Å². The van der Waals surface area contributed by atoms with E-state index in [-0.39, 0.29) is 36.5 Å². The van der Waals surface area contributed by atoms with E-state index in [0.717, 1.165) is 12.0 Å². The normalized spacial score (nSPS) is 14.7. The molecule has 1 N–H and O–H groups in total. The van der Waals surface area contributed by atoms with Crippen LogP contribution in [0.15, 0.2) is 66.9 Å². The second-order valence-corrected chi connectivity index (χ2v) is 10.0. The molecule has 1 aliphatic heterocycles. The van der Waals surface area contributed by atoms with E-state index in [2.05, 4.69) is 9.97 Å². The largest absolute Gasteiger partial charge is 0.478 e. The number of aromatic nitrogens is 4. The van der Waals surface area contributed by atoms with Gasteiger partial charge < -0.3 is 19.1 Å². The van der Waals surface area contributed by atoms with Gasteiger partial charge in [0, 0.05) is 30.4 Å². The highest BCUT2D eigenvalue weighted by Crippen LogP contribution is 2.27. The van der Waals surface area contributed by atoms with Crippen LogP contribution in [0.2, 0.25) is 0 Å². The highest BCUT2D eigenvalue weighted by atomic mass is 19.1. The standard InChI is InChI=1S/C31H26F2N4O4/c1-18-2-3-22(24(32)12-18)17-41-31-34-10-8-26(36-31)20-5-4-19(25(33)13-20)15-29-35-27-7-6-21(30(38)39)14-28(27)37(29)16-23-9-11-40-23/h2-8,10,12-14,23H,9,11,15-17H2,1H3,(H,38,39). The van der Waals surface area contributed by atoms with E-state index in [4.69, 9.17) is 14.5 Å². The van der Waals surface area contributed by atoms with E-state index in [1.165, 1.54) is 24.4 Å². The number of rotatable bonds is 9. The van der Waals surface area contributed by atoms with Crippen molar-refractivity contribution in [3.05, 3.63) is 107 Å². The zero-order chi connectivity index (χ0) is 28.5. The van der Waals surface area contributed by atoms with E-state index in [9.17, 15) is 14.3 Å². The monoisotopic (exact) mass is 556 g/mol. The molecule has 0 spiro atoms. The van der Waals surface area contributed by atoms with E-state index in [1.807, 2.05) is 11.5 Å². The molecule has 0 radical (unpaired) electrons. The van der Waals surface area contributed by atoms with Crippen LogP contribution in [0.4, 0.5) is 8.78 Å². The number of carbonyl (C=O) groups is 1. The molecule has 0 bridgehead atoms. The molecule has 41 heavy (non-hydrogen) atoms. The van der Waals surface area contributed by atoms with Crippen molar-refractivity contribution in [3.63, 3.8) is 0 Å². The average molecular weight is 557 g/mol. The lowest BCUT2D eigenvalue weighted by Crippen LogP contribution is -2.31. The van der Waals surface area contributed by atoms with Gasteiger partial charge in [-0.1, -0.05) is 24.3 Å². The molecule has 208 valence electrons. The molecule has 0 amide bonds. The first-order chi connectivity index (χ1) is 19.8. The molecule has 3 heterocycles. The molecule has 5 aromatic rings. The second kappa shape index (κ2) is 11.1. The third-order valence-corrected chi connectivity index (χ3v) is 7.15. The lowest BCUT2D eigenvalue weighted by atomic mass is 10.1. The fourth-order valence-electron chi connectivity index (χ4n) is 4.78. The van der Waals surface area contributed by atoms with Crippen LogP contribution < -0.4 is 4.74 Å². The number of carboxylic acid groups (broad SMARTS) is 1. The molecule has 1 fully saturated rings. The van der Waals surface area contributed by atoms with Gasteiger partial charge in [-0.2, -0.15) is 4.98 Å². The third-order valence-electron chi connectivity index (χ3n) is 7.15. The molecular formula is C31H26F2N4O4. The summed E-state index contributed by atoms with van der Waals surface area (Å²) in [5, 5.41) is 9.46. The van der Waals surface area contributed by atoms with Crippen LogP contribution in [0.25, 0.3) is 22.3 Å². The fraction of sp³-hybridized carbons (Fsp3) is 0.226. The van der Waals surface area contributed by atoms with Gasteiger partial charge in [-0.05, 0) is 60.9 Å². The minimum atomic E-state index is -1.02. The number of hydrogen-bond acceptors (Lipinski definition) is 6. The summed E-state index contributed by atoms with van der Waals surface area (Å²) >= 11 is 0. The molecule has 0 aliphatic carbocycles. The van der Waals surface area contributed by atoms with E-state index >= 15 is 4.39 Å². The number of benzene rings is 3. The highest BCUT2D eigenvalue weighted by molar-refractivity contribution is 5.92. The molecule has 3 aromatic carbocycles. The number of carboxylic acids is 1. The Balaban J connectivity index is 1.24. The summed E-state index contributed by atoms with van der Waals surface area (Å²) in [6.45, 7) is 2.96. The minimum absolute atomic E-state index is 0.00327. The maximum atomic E-state index is 15.4. The van der Waals surface area contributed by atoms with Crippen LogP contribution in [0, 0.1) is 18.6 Å². The van der Waals surface area contributed by atoms with Crippen molar-refractivity contribution in [2.24, 2.45) is 0 Å². The van der Waals surface area contributed by atoms with Crippen LogP contribution in [0.5, 0.6) is 6.01 Å².